The molecule has 0 aliphatic heterocycles. The first kappa shape index (κ1) is 30.2. The van der Waals surface area contributed by atoms with Crippen LogP contribution in [0.3, 0.4) is 0 Å². The minimum Gasteiger partial charge on any atom is -0.382 e. The third-order valence-corrected chi connectivity index (χ3v) is 10.3. The molecule has 226 valence electrons. The third-order valence-electron chi connectivity index (χ3n) is 10.3. The molecule has 0 radical (unpaired) electrons. The summed E-state index contributed by atoms with van der Waals surface area (Å²) < 4.78 is 0. The predicted molar refractivity (Wildman–Crippen MR) is 177 cm³/mol. The monoisotopic (exact) mass is 586 g/mol. The topological polar surface area (TPSA) is 74.6 Å². The van der Waals surface area contributed by atoms with E-state index in [0.717, 1.165) is 22.3 Å². The molecule has 2 unspecified atom stereocenters. The Bertz CT molecular complexity index is 1730. The Kier molecular flexibility index (Phi) is 6.74. The Balaban J connectivity index is 1.21. The Labute approximate surface area is 260 Å². The number of ketones is 2. The van der Waals surface area contributed by atoms with Gasteiger partial charge in [0.15, 0.2) is 11.6 Å². The standard InChI is InChI=1S/C40H42O4/c1-23-9-13-27-29-15-11-25(21-33(29)37(3,4)31(27)19-23)35(41)39(7,43)17-18-40(8,44)36(42)26-12-16-30-28-14-10-24(2)20-32(28)38(5,6)34(30)22-26/h9-16,19-22,43-44H,17-18H2,1-8H3. The Morgan fingerprint density at radius 1 is 0.545 bits per heavy atom. The van der Waals surface area contributed by atoms with Crippen molar-refractivity contribution in [3.05, 3.63) is 117 Å². The van der Waals surface area contributed by atoms with Gasteiger partial charge in [0, 0.05) is 22.0 Å². The summed E-state index contributed by atoms with van der Waals surface area (Å²) >= 11 is 0. The van der Waals surface area contributed by atoms with E-state index in [4.69, 9.17) is 0 Å². The van der Waals surface area contributed by atoms with Gasteiger partial charge in [-0.1, -0.05) is 99.5 Å². The first-order chi connectivity index (χ1) is 20.4. The quantitative estimate of drug-likeness (QED) is 0.214. The molecule has 2 aliphatic carbocycles. The van der Waals surface area contributed by atoms with Crippen LogP contribution in [0.4, 0.5) is 0 Å². The lowest BCUT2D eigenvalue weighted by Gasteiger charge is -2.29. The maximum Gasteiger partial charge on any atom is 0.194 e. The summed E-state index contributed by atoms with van der Waals surface area (Å²) in [5.41, 5.74) is 8.26. The zero-order valence-electron chi connectivity index (χ0n) is 27.1. The Hall–Kier alpha value is -3.86. The van der Waals surface area contributed by atoms with Gasteiger partial charge in [0.1, 0.15) is 11.2 Å². The van der Waals surface area contributed by atoms with Crippen molar-refractivity contribution in [2.45, 2.75) is 90.3 Å². The van der Waals surface area contributed by atoms with Crippen LogP contribution in [0, 0.1) is 13.8 Å². The largest absolute Gasteiger partial charge is 0.382 e. The Morgan fingerprint density at radius 3 is 1.18 bits per heavy atom. The van der Waals surface area contributed by atoms with Crippen molar-refractivity contribution in [1.29, 1.82) is 0 Å². The second kappa shape index (κ2) is 9.82. The SMILES string of the molecule is Cc1ccc2c(c1)C(C)(C)c1cc(C(=O)C(C)(O)CCC(C)(O)C(=O)c3ccc4c(c3)C(C)(C)c3cc(C)ccc3-4)ccc1-2. The molecule has 4 aromatic rings. The maximum atomic E-state index is 13.7. The number of carbonyl (C=O) groups excluding carboxylic acids is 2. The lowest BCUT2D eigenvalue weighted by molar-refractivity contribution is 0.00809. The summed E-state index contributed by atoms with van der Waals surface area (Å²) in [6.45, 7) is 15.7. The molecule has 2 atom stereocenters. The highest BCUT2D eigenvalue weighted by atomic mass is 16.3. The molecule has 2 N–H and O–H groups in total. The Morgan fingerprint density at radius 2 is 0.841 bits per heavy atom. The summed E-state index contributed by atoms with van der Waals surface area (Å²) in [5.74, 6) is -0.836. The molecule has 4 heteroatoms. The number of aryl methyl sites for hydroxylation is 2. The average molecular weight is 587 g/mol. The number of rotatable bonds is 7. The number of benzene rings is 4. The van der Waals surface area contributed by atoms with Crippen LogP contribution in [0.25, 0.3) is 22.3 Å². The molecular formula is C40H42O4. The van der Waals surface area contributed by atoms with Crippen molar-refractivity contribution < 1.29 is 19.8 Å². The lowest BCUT2D eigenvalue weighted by Crippen LogP contribution is -2.41. The summed E-state index contributed by atoms with van der Waals surface area (Å²) in [6.07, 6.45) is -0.128. The van der Waals surface area contributed by atoms with E-state index in [2.05, 4.69) is 77.9 Å². The van der Waals surface area contributed by atoms with Crippen molar-refractivity contribution in [2.75, 3.05) is 0 Å². The highest BCUT2D eigenvalue weighted by Crippen LogP contribution is 2.50. The van der Waals surface area contributed by atoms with Crippen molar-refractivity contribution in [2.24, 2.45) is 0 Å². The average Bonchev–Trinajstić information content (AvgIpc) is 3.33. The fourth-order valence-corrected chi connectivity index (χ4v) is 7.32. The van der Waals surface area contributed by atoms with E-state index >= 15 is 0 Å². The molecule has 0 saturated carbocycles. The van der Waals surface area contributed by atoms with Gasteiger partial charge >= 0.3 is 0 Å². The van der Waals surface area contributed by atoms with Gasteiger partial charge in [0.05, 0.1) is 0 Å². The molecule has 0 aromatic heterocycles. The molecule has 0 amide bonds. The highest BCUT2D eigenvalue weighted by molar-refractivity contribution is 6.04. The minimum absolute atomic E-state index is 0.0639. The molecule has 0 saturated heterocycles. The third kappa shape index (κ3) is 4.58. The van der Waals surface area contributed by atoms with Gasteiger partial charge in [0.2, 0.25) is 0 Å². The van der Waals surface area contributed by atoms with Crippen molar-refractivity contribution in [3.8, 4) is 22.3 Å². The summed E-state index contributed by atoms with van der Waals surface area (Å²) in [5, 5.41) is 22.8. The molecule has 2 aliphatic rings. The van der Waals surface area contributed by atoms with Crippen LogP contribution in [0.2, 0.25) is 0 Å². The zero-order chi connectivity index (χ0) is 32.0. The number of hydrogen-bond acceptors (Lipinski definition) is 4. The molecule has 0 bridgehead atoms. The van der Waals surface area contributed by atoms with Gasteiger partial charge < -0.3 is 10.2 Å². The number of fused-ring (bicyclic) bond motifs is 6. The van der Waals surface area contributed by atoms with Crippen LogP contribution >= 0.6 is 0 Å². The van der Waals surface area contributed by atoms with Crippen LogP contribution in [0.5, 0.6) is 0 Å². The highest BCUT2D eigenvalue weighted by Gasteiger charge is 2.41. The summed E-state index contributed by atoms with van der Waals surface area (Å²) in [6, 6.07) is 24.2. The molecule has 0 heterocycles. The molecule has 4 aromatic carbocycles. The van der Waals surface area contributed by atoms with Gasteiger partial charge in [-0.25, -0.2) is 0 Å². The van der Waals surface area contributed by atoms with Crippen LogP contribution in [0.15, 0.2) is 72.8 Å². The van der Waals surface area contributed by atoms with Gasteiger partial charge in [-0.3, -0.25) is 9.59 Å². The number of carbonyl (C=O) groups is 2. The van der Waals surface area contributed by atoms with Crippen molar-refractivity contribution >= 4 is 11.6 Å². The number of Topliss-reactive ketones (excluding diaryl/α,β-unsaturated/α-hetero) is 2. The summed E-state index contributed by atoms with van der Waals surface area (Å²) in [7, 11) is 0. The smallest absolute Gasteiger partial charge is 0.194 e. The molecule has 6 rings (SSSR count). The van der Waals surface area contributed by atoms with Crippen molar-refractivity contribution in [3.63, 3.8) is 0 Å². The van der Waals surface area contributed by atoms with Crippen LogP contribution < -0.4 is 0 Å². The number of aliphatic hydroxyl groups is 2. The van der Waals surface area contributed by atoms with E-state index in [-0.39, 0.29) is 23.7 Å². The molecule has 4 nitrogen and oxygen atoms in total. The second-order valence-electron chi connectivity index (χ2n) is 14.6. The lowest BCUT2D eigenvalue weighted by atomic mass is 9.79. The first-order valence-electron chi connectivity index (χ1n) is 15.5. The number of hydrogen-bond donors (Lipinski definition) is 2. The summed E-state index contributed by atoms with van der Waals surface area (Å²) in [4.78, 5) is 27.4. The fourth-order valence-electron chi connectivity index (χ4n) is 7.32. The molecule has 44 heavy (non-hydrogen) atoms. The molecule has 0 spiro atoms. The van der Waals surface area contributed by atoms with Crippen LogP contribution in [-0.2, 0) is 10.8 Å². The van der Waals surface area contributed by atoms with Gasteiger partial charge in [-0.2, -0.15) is 0 Å². The van der Waals surface area contributed by atoms with E-state index in [0.29, 0.717) is 11.1 Å². The van der Waals surface area contributed by atoms with E-state index in [9.17, 15) is 19.8 Å². The van der Waals surface area contributed by atoms with E-state index in [1.54, 1.807) is 12.1 Å². The van der Waals surface area contributed by atoms with E-state index < -0.39 is 22.8 Å². The van der Waals surface area contributed by atoms with Gasteiger partial charge in [0.25, 0.3) is 0 Å². The normalized spacial score (nSPS) is 18.0. The van der Waals surface area contributed by atoms with Gasteiger partial charge in [-0.05, 0) is 97.2 Å². The van der Waals surface area contributed by atoms with E-state index in [1.165, 1.54) is 47.2 Å². The van der Waals surface area contributed by atoms with Crippen LogP contribution in [-0.4, -0.2) is 33.0 Å². The van der Waals surface area contributed by atoms with Gasteiger partial charge in [-0.15, -0.1) is 0 Å². The molecule has 0 fully saturated rings. The van der Waals surface area contributed by atoms with Crippen molar-refractivity contribution in [1.82, 2.24) is 0 Å². The minimum atomic E-state index is -1.76. The van der Waals surface area contributed by atoms with Crippen LogP contribution in [0.1, 0.15) is 108 Å². The fraction of sp³-hybridized carbons (Fsp3) is 0.350. The maximum absolute atomic E-state index is 13.7. The zero-order valence-corrected chi connectivity index (χ0v) is 27.1. The molecular weight excluding hydrogens is 544 g/mol. The first-order valence-corrected chi connectivity index (χ1v) is 15.5. The second-order valence-corrected chi connectivity index (χ2v) is 14.6. The predicted octanol–water partition coefficient (Wildman–Crippen LogP) is 8.26. The van der Waals surface area contributed by atoms with E-state index in [1.807, 2.05) is 24.3 Å².